The van der Waals surface area contributed by atoms with Gasteiger partial charge in [0.1, 0.15) is 12.4 Å². The number of benzene rings is 1. The lowest BCUT2D eigenvalue weighted by Crippen LogP contribution is -2.54. The molecule has 3 atom stereocenters. The van der Waals surface area contributed by atoms with Crippen molar-refractivity contribution in [3.05, 3.63) is 59.3 Å². The van der Waals surface area contributed by atoms with Gasteiger partial charge in [-0.05, 0) is 82.7 Å². The third-order valence-corrected chi connectivity index (χ3v) is 9.33. The van der Waals surface area contributed by atoms with Gasteiger partial charge in [0.25, 0.3) is 0 Å². The standard InChI is InChI=1S/C30H39N5O2/c1-4-27(36)35-17-16-34(19-21(35)2)28-24-12-14-30(13-11-22-8-5-6-10-25(22)30)18-26(24)31-29(32-28)37-20-23-9-7-15-33(23)3/h4-6,8,10,21,23H,1,7,9,11-20H2,2-3H3/t21-,23+,30?/m1/s1. The topological polar surface area (TPSA) is 61.8 Å². The number of ether oxygens (including phenoxy) is 1. The highest BCUT2D eigenvalue weighted by molar-refractivity contribution is 5.87. The molecule has 1 aromatic heterocycles. The lowest BCUT2D eigenvalue weighted by atomic mass is 9.69. The van der Waals surface area contributed by atoms with E-state index in [2.05, 4.69) is 54.6 Å². The van der Waals surface area contributed by atoms with Crippen molar-refractivity contribution in [3.8, 4) is 6.01 Å². The first kappa shape index (κ1) is 24.4. The van der Waals surface area contributed by atoms with Gasteiger partial charge in [0.2, 0.25) is 5.91 Å². The minimum Gasteiger partial charge on any atom is -0.462 e. The average Bonchev–Trinajstić information content (AvgIpc) is 3.49. The summed E-state index contributed by atoms with van der Waals surface area (Å²) >= 11 is 0. The molecule has 0 saturated carbocycles. The predicted octanol–water partition coefficient (Wildman–Crippen LogP) is 3.55. The lowest BCUT2D eigenvalue weighted by molar-refractivity contribution is -0.128. The number of anilines is 1. The first-order valence-electron chi connectivity index (χ1n) is 14.0. The van der Waals surface area contributed by atoms with Crippen LogP contribution >= 0.6 is 0 Å². The van der Waals surface area contributed by atoms with Crippen molar-refractivity contribution in [2.24, 2.45) is 0 Å². The van der Waals surface area contributed by atoms with E-state index in [1.165, 1.54) is 35.6 Å². The number of hydrogen-bond acceptors (Lipinski definition) is 6. The van der Waals surface area contributed by atoms with Crippen LogP contribution in [0.4, 0.5) is 5.82 Å². The molecular weight excluding hydrogens is 462 g/mol. The zero-order valence-corrected chi connectivity index (χ0v) is 22.3. The molecule has 37 heavy (non-hydrogen) atoms. The Morgan fingerprint density at radius 3 is 2.81 bits per heavy atom. The molecule has 1 unspecified atom stereocenters. The van der Waals surface area contributed by atoms with Crippen molar-refractivity contribution >= 4 is 11.7 Å². The predicted molar refractivity (Wildman–Crippen MR) is 145 cm³/mol. The fraction of sp³-hybridized carbons (Fsp3) is 0.567. The highest BCUT2D eigenvalue weighted by atomic mass is 16.5. The third kappa shape index (κ3) is 4.41. The molecule has 0 bridgehead atoms. The van der Waals surface area contributed by atoms with Crippen LogP contribution in [0.1, 0.15) is 55.0 Å². The quantitative estimate of drug-likeness (QED) is 0.584. The Bertz CT molecular complexity index is 1200. The number of likely N-dealkylation sites (tertiary alicyclic amines) is 1. The second kappa shape index (κ2) is 9.75. The Hall–Kier alpha value is -2.93. The third-order valence-electron chi connectivity index (χ3n) is 9.33. The summed E-state index contributed by atoms with van der Waals surface area (Å²) in [6.07, 6.45) is 9.18. The number of rotatable bonds is 5. The fourth-order valence-corrected chi connectivity index (χ4v) is 7.16. The van der Waals surface area contributed by atoms with Crippen molar-refractivity contribution in [2.45, 2.75) is 69.4 Å². The first-order chi connectivity index (χ1) is 18.0. The lowest BCUT2D eigenvalue weighted by Gasteiger charge is -2.42. The van der Waals surface area contributed by atoms with Gasteiger partial charge < -0.3 is 19.4 Å². The molecule has 3 heterocycles. The molecule has 2 fully saturated rings. The highest BCUT2D eigenvalue weighted by Crippen LogP contribution is 2.48. The van der Waals surface area contributed by atoms with Crippen molar-refractivity contribution in [3.63, 3.8) is 0 Å². The molecular formula is C30H39N5O2. The Kier molecular flexibility index (Phi) is 6.43. The van der Waals surface area contributed by atoms with Gasteiger partial charge in [-0.25, -0.2) is 0 Å². The van der Waals surface area contributed by atoms with Gasteiger partial charge in [0, 0.05) is 42.7 Å². The van der Waals surface area contributed by atoms with E-state index in [9.17, 15) is 4.79 Å². The van der Waals surface area contributed by atoms with Crippen LogP contribution in [0, 0.1) is 0 Å². The van der Waals surface area contributed by atoms with Crippen molar-refractivity contribution in [1.82, 2.24) is 19.8 Å². The van der Waals surface area contributed by atoms with E-state index >= 15 is 0 Å². The number of piperazine rings is 1. The number of hydrogen-bond donors (Lipinski definition) is 0. The number of carbonyl (C=O) groups excluding carboxylic acids is 1. The maximum Gasteiger partial charge on any atom is 0.318 e. The summed E-state index contributed by atoms with van der Waals surface area (Å²) < 4.78 is 6.31. The number of nitrogens with zero attached hydrogens (tertiary/aromatic N) is 5. The number of amides is 1. The summed E-state index contributed by atoms with van der Waals surface area (Å²) in [5.74, 6) is 1.02. The van der Waals surface area contributed by atoms with Crippen molar-refractivity contribution in [2.75, 3.05) is 44.7 Å². The van der Waals surface area contributed by atoms with Crippen molar-refractivity contribution in [1.29, 1.82) is 0 Å². The summed E-state index contributed by atoms with van der Waals surface area (Å²) in [7, 11) is 2.17. The van der Waals surface area contributed by atoms with Crippen LogP contribution in [-0.2, 0) is 29.5 Å². The molecule has 7 nitrogen and oxygen atoms in total. The molecule has 6 rings (SSSR count). The summed E-state index contributed by atoms with van der Waals surface area (Å²) in [4.78, 5) is 29.1. The van der Waals surface area contributed by atoms with E-state index in [-0.39, 0.29) is 17.4 Å². The minimum absolute atomic E-state index is 0.00316. The number of aryl methyl sites for hydroxylation is 1. The molecule has 0 N–H and O–H groups in total. The van der Waals surface area contributed by atoms with Crippen LogP contribution in [0.5, 0.6) is 6.01 Å². The Morgan fingerprint density at radius 1 is 1.19 bits per heavy atom. The van der Waals surface area contributed by atoms with E-state index in [4.69, 9.17) is 14.7 Å². The molecule has 196 valence electrons. The van der Waals surface area contributed by atoms with Gasteiger partial charge >= 0.3 is 6.01 Å². The highest BCUT2D eigenvalue weighted by Gasteiger charge is 2.43. The van der Waals surface area contributed by atoms with Gasteiger partial charge in [0.15, 0.2) is 0 Å². The summed E-state index contributed by atoms with van der Waals surface area (Å²) in [5, 5.41) is 0. The minimum atomic E-state index is 0.00316. The Morgan fingerprint density at radius 2 is 2.03 bits per heavy atom. The molecule has 2 aromatic rings. The molecule has 7 heteroatoms. The molecule has 2 aliphatic heterocycles. The smallest absolute Gasteiger partial charge is 0.318 e. The average molecular weight is 502 g/mol. The normalized spacial score (nSPS) is 27.3. The van der Waals surface area contributed by atoms with Gasteiger partial charge in [-0.3, -0.25) is 4.79 Å². The monoisotopic (exact) mass is 501 g/mol. The largest absolute Gasteiger partial charge is 0.462 e. The summed E-state index contributed by atoms with van der Waals surface area (Å²) in [6.45, 7) is 9.72. The van der Waals surface area contributed by atoms with Gasteiger partial charge in [0.05, 0.1) is 5.69 Å². The SMILES string of the molecule is C=CC(=O)N1CCN(c2nc(OC[C@@H]3CCCN3C)nc3c2CCC2(CCc4ccccc42)C3)C[C@H]1C. The number of aromatic nitrogens is 2. The second-order valence-electron chi connectivity index (χ2n) is 11.5. The Labute approximate surface area is 220 Å². The van der Waals surface area contributed by atoms with E-state index in [0.29, 0.717) is 25.2 Å². The van der Waals surface area contributed by atoms with Crippen LogP contribution in [0.3, 0.4) is 0 Å². The summed E-state index contributed by atoms with van der Waals surface area (Å²) in [5.41, 5.74) is 5.61. The van der Waals surface area contributed by atoms with Crippen LogP contribution in [0.2, 0.25) is 0 Å². The van der Waals surface area contributed by atoms with Crippen LogP contribution in [0.25, 0.3) is 0 Å². The Balaban J connectivity index is 1.32. The van der Waals surface area contributed by atoms with Crippen LogP contribution in [0.15, 0.2) is 36.9 Å². The molecule has 4 aliphatic rings. The van der Waals surface area contributed by atoms with Gasteiger partial charge in [-0.2, -0.15) is 9.97 Å². The molecule has 1 spiro atoms. The zero-order valence-electron chi connectivity index (χ0n) is 22.3. The van der Waals surface area contributed by atoms with E-state index in [0.717, 1.165) is 63.3 Å². The molecule has 1 aromatic carbocycles. The van der Waals surface area contributed by atoms with E-state index in [1.54, 1.807) is 0 Å². The maximum absolute atomic E-state index is 12.3. The van der Waals surface area contributed by atoms with Gasteiger partial charge in [-0.1, -0.05) is 30.8 Å². The van der Waals surface area contributed by atoms with Gasteiger partial charge in [-0.15, -0.1) is 0 Å². The maximum atomic E-state index is 12.3. The second-order valence-corrected chi connectivity index (χ2v) is 11.5. The molecule has 1 amide bonds. The molecule has 2 saturated heterocycles. The number of likely N-dealkylation sites (N-methyl/N-ethyl adjacent to an activating group) is 1. The van der Waals surface area contributed by atoms with E-state index < -0.39 is 0 Å². The fourth-order valence-electron chi connectivity index (χ4n) is 7.16. The molecule has 2 aliphatic carbocycles. The van der Waals surface area contributed by atoms with Crippen molar-refractivity contribution < 1.29 is 9.53 Å². The number of carbonyl (C=O) groups is 1. The van der Waals surface area contributed by atoms with Crippen LogP contribution in [-0.4, -0.2) is 77.6 Å². The zero-order chi connectivity index (χ0) is 25.6. The molecule has 0 radical (unpaired) electrons. The summed E-state index contributed by atoms with van der Waals surface area (Å²) in [6, 6.07) is 10.0. The first-order valence-corrected chi connectivity index (χ1v) is 14.0. The van der Waals surface area contributed by atoms with E-state index in [1.807, 2.05) is 4.90 Å². The van der Waals surface area contributed by atoms with Crippen LogP contribution < -0.4 is 9.64 Å². The number of fused-ring (bicyclic) bond motifs is 3.